The maximum absolute atomic E-state index is 9.78. The molecule has 0 amide bonds. The fourth-order valence-electron chi connectivity index (χ4n) is 1.28. The first-order valence-electron chi connectivity index (χ1n) is 4.45. The predicted octanol–water partition coefficient (Wildman–Crippen LogP) is 2.25. The SMILES string of the molecule is CNCC(O)c1cc(Cl)cc(OC)c1Cl. The Morgan fingerprint density at radius 1 is 1.47 bits per heavy atom. The molecule has 0 spiro atoms. The highest BCUT2D eigenvalue weighted by molar-refractivity contribution is 6.35. The number of methoxy groups -OCH3 is 1. The van der Waals surface area contributed by atoms with E-state index in [1.54, 1.807) is 19.2 Å². The van der Waals surface area contributed by atoms with Gasteiger partial charge in [0, 0.05) is 23.2 Å². The van der Waals surface area contributed by atoms with E-state index >= 15 is 0 Å². The van der Waals surface area contributed by atoms with Crippen LogP contribution in [0.5, 0.6) is 5.75 Å². The third-order valence-electron chi connectivity index (χ3n) is 2.01. The van der Waals surface area contributed by atoms with Crippen molar-refractivity contribution in [3.05, 3.63) is 27.7 Å². The number of hydrogen-bond acceptors (Lipinski definition) is 3. The Bertz CT molecular complexity index is 344. The second-order valence-electron chi connectivity index (χ2n) is 3.08. The van der Waals surface area contributed by atoms with Crippen LogP contribution in [0.4, 0.5) is 0 Å². The van der Waals surface area contributed by atoms with Crippen molar-refractivity contribution in [3.8, 4) is 5.75 Å². The lowest BCUT2D eigenvalue weighted by Gasteiger charge is -2.14. The minimum absolute atomic E-state index is 0.393. The topological polar surface area (TPSA) is 41.5 Å². The van der Waals surface area contributed by atoms with E-state index in [4.69, 9.17) is 27.9 Å². The minimum atomic E-state index is -0.699. The highest BCUT2D eigenvalue weighted by atomic mass is 35.5. The molecule has 1 aromatic carbocycles. The van der Waals surface area contributed by atoms with Crippen LogP contribution in [0.3, 0.4) is 0 Å². The number of aliphatic hydroxyl groups excluding tert-OH is 1. The Hall–Kier alpha value is -0.480. The van der Waals surface area contributed by atoms with Gasteiger partial charge in [-0.05, 0) is 13.1 Å². The Labute approximate surface area is 99.0 Å². The number of nitrogens with one attached hydrogen (secondary N) is 1. The molecule has 0 fully saturated rings. The van der Waals surface area contributed by atoms with Crippen molar-refractivity contribution >= 4 is 23.2 Å². The van der Waals surface area contributed by atoms with Crippen molar-refractivity contribution in [3.63, 3.8) is 0 Å². The molecule has 3 nitrogen and oxygen atoms in total. The van der Waals surface area contributed by atoms with Crippen LogP contribution in [-0.2, 0) is 0 Å². The molecule has 0 heterocycles. The van der Waals surface area contributed by atoms with Gasteiger partial charge in [-0.25, -0.2) is 0 Å². The first kappa shape index (κ1) is 12.6. The summed E-state index contributed by atoms with van der Waals surface area (Å²) >= 11 is 11.9. The Balaban J connectivity index is 3.11. The average Bonchev–Trinajstić information content (AvgIpc) is 2.21. The molecule has 0 aliphatic heterocycles. The number of benzene rings is 1. The molecule has 15 heavy (non-hydrogen) atoms. The van der Waals surface area contributed by atoms with E-state index in [2.05, 4.69) is 5.32 Å². The standard InChI is InChI=1S/C10H13Cl2NO2/c1-13-5-8(14)7-3-6(11)4-9(15-2)10(7)12/h3-4,8,13-14H,5H2,1-2H3. The molecule has 1 rings (SSSR count). The Morgan fingerprint density at radius 2 is 2.13 bits per heavy atom. The zero-order valence-corrected chi connectivity index (χ0v) is 10.1. The molecule has 1 atom stereocenters. The molecule has 0 bridgehead atoms. The number of aliphatic hydroxyl groups is 1. The number of likely N-dealkylation sites (N-methyl/N-ethyl adjacent to an activating group) is 1. The summed E-state index contributed by atoms with van der Waals surface area (Å²) < 4.78 is 5.05. The maximum Gasteiger partial charge on any atom is 0.139 e. The zero-order chi connectivity index (χ0) is 11.4. The molecular weight excluding hydrogens is 237 g/mol. The highest BCUT2D eigenvalue weighted by Gasteiger charge is 2.15. The summed E-state index contributed by atoms with van der Waals surface area (Å²) in [7, 11) is 3.25. The van der Waals surface area contributed by atoms with Gasteiger partial charge >= 0.3 is 0 Å². The number of hydrogen-bond donors (Lipinski definition) is 2. The van der Waals surface area contributed by atoms with Crippen LogP contribution >= 0.6 is 23.2 Å². The molecule has 1 unspecified atom stereocenters. The highest BCUT2D eigenvalue weighted by Crippen LogP contribution is 2.34. The lowest BCUT2D eigenvalue weighted by molar-refractivity contribution is 0.177. The number of ether oxygens (including phenoxy) is 1. The smallest absolute Gasteiger partial charge is 0.139 e. The molecule has 2 N–H and O–H groups in total. The van der Waals surface area contributed by atoms with E-state index in [1.165, 1.54) is 7.11 Å². The summed E-state index contributed by atoms with van der Waals surface area (Å²) in [5, 5.41) is 13.5. The van der Waals surface area contributed by atoms with Crippen molar-refractivity contribution in [2.75, 3.05) is 20.7 Å². The van der Waals surface area contributed by atoms with Crippen molar-refractivity contribution in [2.24, 2.45) is 0 Å². The molecule has 0 aliphatic carbocycles. The van der Waals surface area contributed by atoms with Crippen LogP contribution in [0.2, 0.25) is 10.0 Å². The predicted molar refractivity (Wildman–Crippen MR) is 61.9 cm³/mol. The quantitative estimate of drug-likeness (QED) is 0.861. The van der Waals surface area contributed by atoms with Crippen LogP contribution in [-0.4, -0.2) is 25.8 Å². The molecular formula is C10H13Cl2NO2. The normalized spacial score (nSPS) is 12.6. The summed E-state index contributed by atoms with van der Waals surface area (Å²) in [5.41, 5.74) is 0.565. The lowest BCUT2D eigenvalue weighted by Crippen LogP contribution is -2.17. The first-order valence-corrected chi connectivity index (χ1v) is 5.21. The Morgan fingerprint density at radius 3 is 2.67 bits per heavy atom. The van der Waals surface area contributed by atoms with Crippen LogP contribution in [0, 0.1) is 0 Å². The molecule has 1 aromatic rings. The van der Waals surface area contributed by atoms with Crippen molar-refractivity contribution in [2.45, 2.75) is 6.10 Å². The fraction of sp³-hybridized carbons (Fsp3) is 0.400. The zero-order valence-electron chi connectivity index (χ0n) is 8.55. The van der Waals surface area contributed by atoms with Gasteiger partial charge in [0.2, 0.25) is 0 Å². The van der Waals surface area contributed by atoms with E-state index in [0.717, 1.165) is 0 Å². The number of rotatable bonds is 4. The minimum Gasteiger partial charge on any atom is -0.495 e. The largest absolute Gasteiger partial charge is 0.495 e. The van der Waals surface area contributed by atoms with Crippen LogP contribution < -0.4 is 10.1 Å². The molecule has 0 aliphatic rings. The van der Waals surface area contributed by atoms with Gasteiger partial charge < -0.3 is 15.2 Å². The van der Waals surface area contributed by atoms with E-state index in [9.17, 15) is 5.11 Å². The summed E-state index contributed by atoms with van der Waals surface area (Å²) in [6.07, 6.45) is -0.699. The molecule has 5 heteroatoms. The average molecular weight is 250 g/mol. The molecule has 84 valence electrons. The fourth-order valence-corrected chi connectivity index (χ4v) is 1.81. The van der Waals surface area contributed by atoms with Gasteiger partial charge in [-0.2, -0.15) is 0 Å². The summed E-state index contributed by atoms with van der Waals surface area (Å²) in [5.74, 6) is 0.467. The third kappa shape index (κ3) is 2.98. The second kappa shape index (κ2) is 5.56. The maximum atomic E-state index is 9.78. The van der Waals surface area contributed by atoms with Gasteiger partial charge in [-0.1, -0.05) is 23.2 Å². The molecule has 0 aromatic heterocycles. The Kier molecular flexibility index (Phi) is 4.67. The summed E-state index contributed by atoms with van der Waals surface area (Å²) in [6.45, 7) is 0.406. The van der Waals surface area contributed by atoms with Gasteiger partial charge in [0.1, 0.15) is 5.75 Å². The summed E-state index contributed by atoms with van der Waals surface area (Å²) in [6, 6.07) is 3.24. The second-order valence-corrected chi connectivity index (χ2v) is 3.90. The van der Waals surface area contributed by atoms with E-state index in [0.29, 0.717) is 27.9 Å². The van der Waals surface area contributed by atoms with Crippen molar-refractivity contribution in [1.82, 2.24) is 5.32 Å². The lowest BCUT2D eigenvalue weighted by atomic mass is 10.1. The van der Waals surface area contributed by atoms with Gasteiger partial charge in [0.15, 0.2) is 0 Å². The van der Waals surface area contributed by atoms with Crippen molar-refractivity contribution < 1.29 is 9.84 Å². The van der Waals surface area contributed by atoms with Crippen molar-refractivity contribution in [1.29, 1.82) is 0 Å². The number of halogens is 2. The third-order valence-corrected chi connectivity index (χ3v) is 2.63. The van der Waals surface area contributed by atoms with Gasteiger partial charge in [-0.3, -0.25) is 0 Å². The van der Waals surface area contributed by atoms with E-state index in [1.807, 2.05) is 0 Å². The van der Waals surface area contributed by atoms with Gasteiger partial charge in [0.05, 0.1) is 18.2 Å². The van der Waals surface area contributed by atoms with Crippen LogP contribution in [0.25, 0.3) is 0 Å². The van der Waals surface area contributed by atoms with Gasteiger partial charge in [-0.15, -0.1) is 0 Å². The van der Waals surface area contributed by atoms with Crippen LogP contribution in [0.1, 0.15) is 11.7 Å². The monoisotopic (exact) mass is 249 g/mol. The first-order chi connectivity index (χ1) is 7.10. The summed E-state index contributed by atoms with van der Waals surface area (Å²) in [4.78, 5) is 0. The molecule has 0 saturated heterocycles. The van der Waals surface area contributed by atoms with E-state index < -0.39 is 6.10 Å². The van der Waals surface area contributed by atoms with Crippen LogP contribution in [0.15, 0.2) is 12.1 Å². The van der Waals surface area contributed by atoms with Gasteiger partial charge in [0.25, 0.3) is 0 Å². The molecule has 0 radical (unpaired) electrons. The molecule has 0 saturated carbocycles. The van der Waals surface area contributed by atoms with E-state index in [-0.39, 0.29) is 0 Å².